The largest absolute Gasteiger partial charge is 0.329 e. The van der Waals surface area contributed by atoms with Crippen LogP contribution in [0.5, 0.6) is 0 Å². The van der Waals surface area contributed by atoms with Crippen molar-refractivity contribution in [3.8, 4) is 0 Å². The molecule has 0 amide bonds. The highest BCUT2D eigenvalue weighted by atomic mass is 32.1. The number of hydrogen-bond acceptors (Lipinski definition) is 3. The van der Waals surface area contributed by atoms with Gasteiger partial charge in [0.05, 0.1) is 6.04 Å². The number of nitrogens with two attached hydrogens (primary N) is 1. The molecule has 3 heteroatoms. The summed E-state index contributed by atoms with van der Waals surface area (Å²) in [5.74, 6) is 0.704. The zero-order chi connectivity index (χ0) is 13.8. The van der Waals surface area contributed by atoms with Crippen LogP contribution in [0.3, 0.4) is 0 Å². The van der Waals surface area contributed by atoms with Crippen molar-refractivity contribution >= 4 is 11.3 Å². The molecule has 0 saturated heterocycles. The zero-order valence-electron chi connectivity index (χ0n) is 12.6. The van der Waals surface area contributed by atoms with Gasteiger partial charge in [0, 0.05) is 24.0 Å². The van der Waals surface area contributed by atoms with E-state index in [1.807, 2.05) is 11.3 Å². The highest BCUT2D eigenvalue weighted by Crippen LogP contribution is 2.34. The molecule has 1 aliphatic carbocycles. The van der Waals surface area contributed by atoms with Crippen LogP contribution in [0, 0.1) is 12.8 Å². The number of nitrogens with zero attached hydrogens (tertiary/aromatic N) is 1. The van der Waals surface area contributed by atoms with E-state index in [-0.39, 0.29) is 0 Å². The van der Waals surface area contributed by atoms with E-state index in [0.717, 1.165) is 12.6 Å². The molecule has 0 aromatic carbocycles. The maximum absolute atomic E-state index is 6.14. The second-order valence-electron chi connectivity index (χ2n) is 6.25. The standard InChI is InChI=1S/C16H28N2S/c1-12(2)11-18(14-6-4-5-7-14)15(10-17)16-13(3)8-9-19-16/h8-9,12,14-15H,4-7,10-11,17H2,1-3H3. The Morgan fingerprint density at radius 3 is 2.53 bits per heavy atom. The predicted molar refractivity (Wildman–Crippen MR) is 84.7 cm³/mol. The van der Waals surface area contributed by atoms with Crippen LogP contribution in [0.15, 0.2) is 11.4 Å². The van der Waals surface area contributed by atoms with Gasteiger partial charge >= 0.3 is 0 Å². The SMILES string of the molecule is Cc1ccsc1C(CN)N(CC(C)C)C1CCCC1. The predicted octanol–water partition coefficient (Wildman–Crippen LogP) is 3.96. The summed E-state index contributed by atoms with van der Waals surface area (Å²) in [7, 11) is 0. The topological polar surface area (TPSA) is 29.3 Å². The maximum Gasteiger partial charge on any atom is 0.0569 e. The molecule has 0 radical (unpaired) electrons. The summed E-state index contributed by atoms with van der Waals surface area (Å²) < 4.78 is 0. The molecule has 0 spiro atoms. The Kier molecular flexibility index (Phi) is 5.43. The van der Waals surface area contributed by atoms with Gasteiger partial charge in [-0.25, -0.2) is 0 Å². The van der Waals surface area contributed by atoms with E-state index in [2.05, 4.69) is 37.1 Å². The molecule has 1 aromatic rings. The molecule has 2 rings (SSSR count). The lowest BCUT2D eigenvalue weighted by molar-refractivity contribution is 0.123. The fraction of sp³-hybridized carbons (Fsp3) is 0.750. The average molecular weight is 280 g/mol. The third-order valence-corrected chi connectivity index (χ3v) is 5.32. The molecule has 0 bridgehead atoms. The smallest absolute Gasteiger partial charge is 0.0569 e. The van der Waals surface area contributed by atoms with E-state index in [0.29, 0.717) is 12.0 Å². The molecular formula is C16H28N2S. The number of thiophene rings is 1. The fourth-order valence-electron chi connectivity index (χ4n) is 3.31. The summed E-state index contributed by atoms with van der Waals surface area (Å²) in [5.41, 5.74) is 7.55. The first-order valence-corrected chi connectivity index (χ1v) is 8.51. The van der Waals surface area contributed by atoms with Crippen molar-refractivity contribution in [3.05, 3.63) is 21.9 Å². The van der Waals surface area contributed by atoms with E-state index in [1.54, 1.807) is 0 Å². The van der Waals surface area contributed by atoms with Gasteiger partial charge in [0.1, 0.15) is 0 Å². The first kappa shape index (κ1) is 15.0. The normalized spacial score (nSPS) is 18.6. The van der Waals surface area contributed by atoms with Crippen LogP contribution < -0.4 is 5.73 Å². The van der Waals surface area contributed by atoms with Crippen molar-refractivity contribution in [2.45, 2.75) is 58.5 Å². The van der Waals surface area contributed by atoms with Crippen LogP contribution >= 0.6 is 11.3 Å². The second-order valence-corrected chi connectivity index (χ2v) is 7.20. The van der Waals surface area contributed by atoms with Gasteiger partial charge in [-0.15, -0.1) is 11.3 Å². The summed E-state index contributed by atoms with van der Waals surface area (Å²) in [6, 6.07) is 3.40. The van der Waals surface area contributed by atoms with Crippen LogP contribution in [-0.4, -0.2) is 24.0 Å². The summed E-state index contributed by atoms with van der Waals surface area (Å²) >= 11 is 1.87. The molecular weight excluding hydrogens is 252 g/mol. The lowest BCUT2D eigenvalue weighted by atomic mass is 10.0. The lowest BCUT2D eigenvalue weighted by Crippen LogP contribution is -2.42. The van der Waals surface area contributed by atoms with E-state index in [1.165, 1.54) is 42.7 Å². The van der Waals surface area contributed by atoms with Crippen molar-refractivity contribution in [1.29, 1.82) is 0 Å². The minimum Gasteiger partial charge on any atom is -0.329 e. The van der Waals surface area contributed by atoms with E-state index in [9.17, 15) is 0 Å². The van der Waals surface area contributed by atoms with Gasteiger partial charge in [-0.05, 0) is 42.7 Å². The van der Waals surface area contributed by atoms with Gasteiger partial charge in [0.25, 0.3) is 0 Å². The fourth-order valence-corrected chi connectivity index (χ4v) is 4.37. The molecule has 1 unspecified atom stereocenters. The lowest BCUT2D eigenvalue weighted by Gasteiger charge is -2.37. The van der Waals surface area contributed by atoms with Gasteiger partial charge in [0.2, 0.25) is 0 Å². The monoisotopic (exact) mass is 280 g/mol. The molecule has 2 N–H and O–H groups in total. The molecule has 1 heterocycles. The van der Waals surface area contributed by atoms with E-state index >= 15 is 0 Å². The van der Waals surface area contributed by atoms with Gasteiger partial charge in [-0.1, -0.05) is 26.7 Å². The van der Waals surface area contributed by atoms with Crippen LogP contribution in [0.1, 0.15) is 56.0 Å². The highest BCUT2D eigenvalue weighted by Gasteiger charge is 2.30. The molecule has 19 heavy (non-hydrogen) atoms. The Labute approximate surface area is 122 Å². The number of rotatable bonds is 6. The highest BCUT2D eigenvalue weighted by molar-refractivity contribution is 7.10. The molecule has 1 aromatic heterocycles. The summed E-state index contributed by atoms with van der Waals surface area (Å²) in [6.45, 7) is 8.76. The molecule has 2 nitrogen and oxygen atoms in total. The minimum absolute atomic E-state index is 0.422. The zero-order valence-corrected chi connectivity index (χ0v) is 13.4. The number of aryl methyl sites for hydroxylation is 1. The average Bonchev–Trinajstić information content (AvgIpc) is 3.00. The summed E-state index contributed by atoms with van der Waals surface area (Å²) in [5, 5.41) is 2.20. The van der Waals surface area contributed by atoms with Crippen molar-refractivity contribution in [3.63, 3.8) is 0 Å². The molecule has 1 aliphatic rings. The minimum atomic E-state index is 0.422. The van der Waals surface area contributed by atoms with Crippen molar-refractivity contribution in [2.24, 2.45) is 11.7 Å². The molecule has 108 valence electrons. The molecule has 1 atom stereocenters. The second kappa shape index (κ2) is 6.87. The Morgan fingerprint density at radius 2 is 2.05 bits per heavy atom. The first-order chi connectivity index (χ1) is 9.13. The van der Waals surface area contributed by atoms with E-state index in [4.69, 9.17) is 5.73 Å². The van der Waals surface area contributed by atoms with E-state index < -0.39 is 0 Å². The third kappa shape index (κ3) is 3.59. The Balaban J connectivity index is 2.21. The van der Waals surface area contributed by atoms with Crippen molar-refractivity contribution < 1.29 is 0 Å². The Morgan fingerprint density at radius 1 is 1.37 bits per heavy atom. The van der Waals surface area contributed by atoms with Crippen LogP contribution in [0.2, 0.25) is 0 Å². The van der Waals surface area contributed by atoms with Gasteiger partial charge in [-0.2, -0.15) is 0 Å². The Hall–Kier alpha value is -0.380. The van der Waals surface area contributed by atoms with Gasteiger partial charge in [0.15, 0.2) is 0 Å². The maximum atomic E-state index is 6.14. The summed E-state index contributed by atoms with van der Waals surface area (Å²) in [4.78, 5) is 4.19. The van der Waals surface area contributed by atoms with Gasteiger partial charge < -0.3 is 5.73 Å². The number of hydrogen-bond donors (Lipinski definition) is 1. The van der Waals surface area contributed by atoms with Crippen molar-refractivity contribution in [1.82, 2.24) is 4.90 Å². The first-order valence-electron chi connectivity index (χ1n) is 7.63. The Bertz CT molecular complexity index is 380. The quantitative estimate of drug-likeness (QED) is 0.854. The van der Waals surface area contributed by atoms with Crippen LogP contribution in [0.25, 0.3) is 0 Å². The van der Waals surface area contributed by atoms with Gasteiger partial charge in [-0.3, -0.25) is 4.90 Å². The van der Waals surface area contributed by atoms with Crippen LogP contribution in [0.4, 0.5) is 0 Å². The summed E-state index contributed by atoms with van der Waals surface area (Å²) in [6.07, 6.45) is 5.49. The third-order valence-electron chi connectivity index (χ3n) is 4.20. The van der Waals surface area contributed by atoms with Crippen molar-refractivity contribution in [2.75, 3.05) is 13.1 Å². The molecule has 1 fully saturated rings. The van der Waals surface area contributed by atoms with Crippen LogP contribution in [-0.2, 0) is 0 Å². The molecule has 1 saturated carbocycles. The molecule has 0 aliphatic heterocycles.